The number of rotatable bonds is 5. The van der Waals surface area contributed by atoms with Crippen molar-refractivity contribution in [1.82, 2.24) is 20.1 Å². The van der Waals surface area contributed by atoms with Crippen molar-refractivity contribution in [3.63, 3.8) is 0 Å². The molecule has 7 nitrogen and oxygen atoms in total. The highest BCUT2D eigenvalue weighted by Gasteiger charge is 2.27. The van der Waals surface area contributed by atoms with Crippen LogP contribution in [-0.2, 0) is 0 Å². The Morgan fingerprint density at radius 1 is 1.03 bits per heavy atom. The lowest BCUT2D eigenvalue weighted by atomic mass is 10.1. The van der Waals surface area contributed by atoms with Gasteiger partial charge in [0.2, 0.25) is 0 Å². The maximum absolute atomic E-state index is 9.95. The van der Waals surface area contributed by atoms with Crippen molar-refractivity contribution < 1.29 is 9.11 Å². The Morgan fingerprint density at radius 2 is 1.73 bits per heavy atom. The topological polar surface area (TPSA) is 85.9 Å². The zero-order chi connectivity index (χ0) is 23.0. The van der Waals surface area contributed by atoms with E-state index in [0.29, 0.717) is 52.2 Å². The fourth-order valence-electron chi connectivity index (χ4n) is 3.66. The Balaban J connectivity index is 1.57. The van der Waals surface area contributed by atoms with E-state index in [2.05, 4.69) is 5.32 Å². The number of hydrazone groups is 1. The minimum Gasteiger partial charge on any atom is -0.364 e. The van der Waals surface area contributed by atoms with Crippen LogP contribution >= 0.6 is 33.8 Å². The molecule has 174 valence electrons. The number of aromatic nitrogens is 2. The average Bonchev–Trinajstić information content (AvgIpc) is 3.51. The molecule has 33 heavy (non-hydrogen) atoms. The van der Waals surface area contributed by atoms with Gasteiger partial charge in [-0.05, 0) is 43.2 Å². The van der Waals surface area contributed by atoms with Crippen LogP contribution in [0.4, 0.5) is 0 Å². The molecule has 0 radical (unpaired) electrons. The van der Waals surface area contributed by atoms with Gasteiger partial charge in [0.1, 0.15) is 5.69 Å². The second-order valence-corrected chi connectivity index (χ2v) is 11.6. The normalized spacial score (nSPS) is 19.4. The number of amidine groups is 1. The Labute approximate surface area is 204 Å². The van der Waals surface area contributed by atoms with Crippen LogP contribution in [0.5, 0.6) is 0 Å². The van der Waals surface area contributed by atoms with Crippen molar-refractivity contribution >= 4 is 39.6 Å². The van der Waals surface area contributed by atoms with E-state index in [0.717, 1.165) is 29.8 Å². The summed E-state index contributed by atoms with van der Waals surface area (Å²) in [5.74, 6) is 1.34. The van der Waals surface area contributed by atoms with Crippen LogP contribution in [0.25, 0.3) is 16.9 Å². The Kier molecular flexibility index (Phi) is 6.28. The third-order valence-corrected chi connectivity index (χ3v) is 7.93. The first-order valence-corrected chi connectivity index (χ1v) is 13.5. The van der Waals surface area contributed by atoms with E-state index in [-0.39, 0.29) is 0 Å². The molecule has 2 heterocycles. The highest BCUT2D eigenvalue weighted by atomic mass is 35.5. The third-order valence-electron chi connectivity index (χ3n) is 5.68. The van der Waals surface area contributed by atoms with E-state index >= 15 is 0 Å². The first kappa shape index (κ1) is 22.6. The molecule has 1 saturated carbocycles. The van der Waals surface area contributed by atoms with Gasteiger partial charge in [0.25, 0.3) is 0 Å². The third kappa shape index (κ3) is 5.31. The molecule has 2 fully saturated rings. The molecule has 0 atom stereocenters. The first-order chi connectivity index (χ1) is 15.9. The maximum atomic E-state index is 9.95. The molecular weight excluding hydrogens is 481 g/mol. The summed E-state index contributed by atoms with van der Waals surface area (Å²) in [6, 6.07) is 17.6. The summed E-state index contributed by atoms with van der Waals surface area (Å²) in [4.78, 5) is 0. The summed E-state index contributed by atoms with van der Waals surface area (Å²) < 4.78 is 21.7. The lowest BCUT2D eigenvalue weighted by molar-refractivity contribution is 0.298. The predicted molar refractivity (Wildman–Crippen MR) is 136 cm³/mol. The van der Waals surface area contributed by atoms with Gasteiger partial charge in [0, 0.05) is 16.6 Å². The Hall–Kier alpha value is -2.23. The van der Waals surface area contributed by atoms with Crippen molar-refractivity contribution in [2.75, 3.05) is 24.6 Å². The van der Waals surface area contributed by atoms with Crippen molar-refractivity contribution in [1.29, 1.82) is 0 Å². The number of hydrogen-bond acceptors (Lipinski definition) is 5. The Morgan fingerprint density at radius 3 is 2.39 bits per heavy atom. The van der Waals surface area contributed by atoms with Gasteiger partial charge in [0.05, 0.1) is 41.0 Å². The summed E-state index contributed by atoms with van der Waals surface area (Å²) in [7, 11) is -2.49. The summed E-state index contributed by atoms with van der Waals surface area (Å²) >= 11 is 12.6. The van der Waals surface area contributed by atoms with Crippen molar-refractivity contribution in [2.24, 2.45) is 5.10 Å². The number of para-hydroxylation sites is 1. The zero-order valence-electron chi connectivity index (χ0n) is 17.9. The summed E-state index contributed by atoms with van der Waals surface area (Å²) in [6.07, 6.45) is 2.18. The number of benzene rings is 2. The van der Waals surface area contributed by atoms with Crippen molar-refractivity contribution in [2.45, 2.75) is 18.9 Å². The second kappa shape index (κ2) is 9.19. The molecule has 0 bridgehead atoms. The largest absolute Gasteiger partial charge is 0.364 e. The maximum Gasteiger partial charge on any atom is 0.174 e. The van der Waals surface area contributed by atoms with Gasteiger partial charge in [-0.3, -0.25) is 14.1 Å². The lowest BCUT2D eigenvalue weighted by Crippen LogP contribution is -2.38. The minimum absolute atomic E-state index is 0.331. The molecular formula is C23H25Cl2N5O2S. The monoisotopic (exact) mass is 505 g/mol. The van der Waals surface area contributed by atoms with Crippen LogP contribution in [0.3, 0.4) is 0 Å². The fraction of sp³-hybridized carbons (Fsp3) is 0.304. The Bertz CT molecular complexity index is 1170. The van der Waals surface area contributed by atoms with Crippen LogP contribution in [0.2, 0.25) is 10.0 Å². The molecule has 1 saturated heterocycles. The number of hydrogen-bond donors (Lipinski definition) is 3. The lowest BCUT2D eigenvalue weighted by Gasteiger charge is -2.39. The van der Waals surface area contributed by atoms with Gasteiger partial charge in [-0.15, -0.1) is 0 Å². The smallest absolute Gasteiger partial charge is 0.174 e. The summed E-state index contributed by atoms with van der Waals surface area (Å²) in [5.41, 5.74) is 3.29. The molecule has 2 aromatic carbocycles. The van der Waals surface area contributed by atoms with Crippen LogP contribution in [0.15, 0.2) is 59.7 Å². The standard InChI is InChI=1S/C23H25Cl2N5O2S/c24-17-7-5-16(6-8-17)22-15-20(27-30(22)21-4-2-1-3-19(21)25)23(26-18-9-10-18)28-29-11-13-33(31,32)14-12-29/h1-8,15,18,31-32H,9-14H2,(H,26,28). The average molecular weight is 506 g/mol. The fourth-order valence-corrected chi connectivity index (χ4v) is 5.22. The molecule has 1 aliphatic carbocycles. The summed E-state index contributed by atoms with van der Waals surface area (Å²) in [5, 5.41) is 16.4. The molecule has 0 unspecified atom stereocenters. The van der Waals surface area contributed by atoms with E-state index in [9.17, 15) is 9.11 Å². The summed E-state index contributed by atoms with van der Waals surface area (Å²) in [6.45, 7) is 0.987. The molecule has 5 rings (SSSR count). The molecule has 3 N–H and O–H groups in total. The molecule has 1 aromatic heterocycles. The highest BCUT2D eigenvalue weighted by molar-refractivity contribution is 8.24. The van der Waals surface area contributed by atoms with Gasteiger partial charge >= 0.3 is 0 Å². The zero-order valence-corrected chi connectivity index (χ0v) is 20.2. The van der Waals surface area contributed by atoms with Crippen molar-refractivity contribution in [3.8, 4) is 16.9 Å². The molecule has 2 aliphatic rings. The van der Waals surface area contributed by atoms with Gasteiger partial charge < -0.3 is 5.32 Å². The van der Waals surface area contributed by atoms with Crippen molar-refractivity contribution in [3.05, 3.63) is 70.3 Å². The molecule has 0 amide bonds. The highest BCUT2D eigenvalue weighted by Crippen LogP contribution is 2.40. The van der Waals surface area contributed by atoms with Crippen LogP contribution in [-0.4, -0.2) is 60.4 Å². The van der Waals surface area contributed by atoms with Crippen LogP contribution < -0.4 is 5.32 Å². The number of nitrogens with zero attached hydrogens (tertiary/aromatic N) is 4. The van der Waals surface area contributed by atoms with E-state index in [1.807, 2.05) is 64.3 Å². The van der Waals surface area contributed by atoms with Gasteiger partial charge in [-0.2, -0.15) is 20.8 Å². The van der Waals surface area contributed by atoms with Crippen LogP contribution in [0.1, 0.15) is 18.5 Å². The van der Waals surface area contributed by atoms with E-state index in [1.165, 1.54) is 0 Å². The van der Waals surface area contributed by atoms with E-state index < -0.39 is 10.6 Å². The van der Waals surface area contributed by atoms with Crippen LogP contribution in [0, 0.1) is 0 Å². The first-order valence-electron chi connectivity index (χ1n) is 10.8. The SMILES string of the molecule is OS1(O)CCN(N=C(NC2CC2)c2cc(-c3ccc(Cl)cc3)n(-c3ccccc3Cl)n2)CC1. The molecule has 1 aliphatic heterocycles. The van der Waals surface area contributed by atoms with E-state index in [1.54, 1.807) is 0 Å². The molecule has 0 spiro atoms. The molecule has 3 aromatic rings. The quantitative estimate of drug-likeness (QED) is 0.322. The van der Waals surface area contributed by atoms with Gasteiger partial charge in [0.15, 0.2) is 5.84 Å². The van der Waals surface area contributed by atoms with Gasteiger partial charge in [-0.25, -0.2) is 4.68 Å². The number of halogens is 2. The predicted octanol–water partition coefficient (Wildman–Crippen LogP) is 5.33. The van der Waals surface area contributed by atoms with Gasteiger partial charge in [-0.1, -0.05) is 47.5 Å². The number of nitrogens with one attached hydrogen (secondary N) is 1. The van der Waals surface area contributed by atoms with E-state index in [4.69, 9.17) is 33.4 Å². The molecule has 10 heteroatoms. The minimum atomic E-state index is -2.49. The second-order valence-electron chi connectivity index (χ2n) is 8.32.